The fourth-order valence-electron chi connectivity index (χ4n) is 2.38. The Morgan fingerprint density at radius 3 is 2.83 bits per heavy atom. The fraction of sp³-hybridized carbons (Fsp3) is 0.176. The summed E-state index contributed by atoms with van der Waals surface area (Å²) >= 11 is 7.67. The van der Waals surface area contributed by atoms with Gasteiger partial charge in [0.05, 0.1) is 17.1 Å². The van der Waals surface area contributed by atoms with E-state index in [9.17, 15) is 9.59 Å². The summed E-state index contributed by atoms with van der Waals surface area (Å²) in [5.41, 5.74) is 1.68. The molecule has 2 amide bonds. The molecule has 0 aliphatic carbocycles. The summed E-state index contributed by atoms with van der Waals surface area (Å²) in [6, 6.07) is 12.4. The van der Waals surface area contributed by atoms with E-state index in [2.05, 4.69) is 5.32 Å². The second-order valence-electron chi connectivity index (χ2n) is 5.12. The minimum absolute atomic E-state index is 0.294. The molecule has 5 nitrogen and oxygen atoms in total. The number of cyclic esters (lactones) is 1. The van der Waals surface area contributed by atoms with Crippen LogP contribution < -0.4 is 10.2 Å². The lowest BCUT2D eigenvalue weighted by Gasteiger charge is -2.14. The second kappa shape index (κ2) is 7.15. The Morgan fingerprint density at radius 1 is 1.29 bits per heavy atom. The molecule has 1 aliphatic heterocycles. The first-order chi connectivity index (χ1) is 11.6. The third-order valence-corrected chi connectivity index (χ3v) is 4.65. The molecule has 124 valence electrons. The van der Waals surface area contributed by atoms with E-state index >= 15 is 0 Å². The fourth-order valence-corrected chi connectivity index (χ4v) is 3.03. The molecule has 0 atom stereocenters. The molecule has 2 aromatic rings. The van der Waals surface area contributed by atoms with Gasteiger partial charge in [0.1, 0.15) is 6.61 Å². The molecule has 0 saturated carbocycles. The van der Waals surface area contributed by atoms with E-state index in [1.165, 1.54) is 16.7 Å². The number of nitrogens with zero attached hydrogens (tertiary/aromatic N) is 1. The van der Waals surface area contributed by atoms with Crippen molar-refractivity contribution >= 4 is 46.7 Å². The molecule has 7 heteroatoms. The predicted octanol–water partition coefficient (Wildman–Crippen LogP) is 4.27. The number of carbonyl (C=O) groups excluding carboxylic acids is 2. The van der Waals surface area contributed by atoms with E-state index in [1.807, 2.05) is 12.3 Å². The first-order valence-electron chi connectivity index (χ1n) is 7.28. The lowest BCUT2D eigenvalue weighted by atomic mass is 10.2. The van der Waals surface area contributed by atoms with Crippen LogP contribution in [-0.2, 0) is 4.74 Å². The Bertz CT molecular complexity index is 797. The van der Waals surface area contributed by atoms with Gasteiger partial charge in [-0.25, -0.2) is 4.79 Å². The van der Waals surface area contributed by atoms with E-state index < -0.39 is 0 Å². The maximum absolute atomic E-state index is 12.5. The van der Waals surface area contributed by atoms with Crippen molar-refractivity contribution in [3.63, 3.8) is 0 Å². The van der Waals surface area contributed by atoms with Gasteiger partial charge in [-0.15, -0.1) is 11.8 Å². The normalized spacial score (nSPS) is 13.8. The average Bonchev–Trinajstić information content (AvgIpc) is 3.01. The average molecular weight is 363 g/mol. The van der Waals surface area contributed by atoms with Crippen molar-refractivity contribution in [1.29, 1.82) is 0 Å². The Morgan fingerprint density at radius 2 is 2.12 bits per heavy atom. The van der Waals surface area contributed by atoms with Crippen LogP contribution in [0.4, 0.5) is 16.2 Å². The molecule has 24 heavy (non-hydrogen) atoms. The molecule has 0 radical (unpaired) electrons. The number of thioether (sulfide) groups is 1. The van der Waals surface area contributed by atoms with Crippen molar-refractivity contribution in [2.24, 2.45) is 0 Å². The number of hydrogen-bond acceptors (Lipinski definition) is 4. The van der Waals surface area contributed by atoms with Crippen molar-refractivity contribution in [2.75, 3.05) is 29.6 Å². The highest BCUT2D eigenvalue weighted by atomic mass is 35.5. The van der Waals surface area contributed by atoms with Gasteiger partial charge in [-0.2, -0.15) is 0 Å². The number of amides is 2. The maximum atomic E-state index is 12.5. The van der Waals surface area contributed by atoms with Crippen LogP contribution >= 0.6 is 23.4 Å². The summed E-state index contributed by atoms with van der Waals surface area (Å²) in [4.78, 5) is 26.6. The van der Waals surface area contributed by atoms with Crippen LogP contribution in [0.3, 0.4) is 0 Å². The molecule has 1 saturated heterocycles. The highest BCUT2D eigenvalue weighted by Crippen LogP contribution is 2.26. The Labute approximate surface area is 148 Å². The lowest BCUT2D eigenvalue weighted by Crippen LogP contribution is -2.23. The van der Waals surface area contributed by atoms with E-state index in [4.69, 9.17) is 16.3 Å². The Balaban J connectivity index is 1.81. The van der Waals surface area contributed by atoms with Crippen LogP contribution in [0.2, 0.25) is 5.02 Å². The van der Waals surface area contributed by atoms with Gasteiger partial charge in [-0.3, -0.25) is 9.69 Å². The molecule has 1 fully saturated rings. The number of nitrogens with one attached hydrogen (secondary N) is 1. The van der Waals surface area contributed by atoms with Crippen molar-refractivity contribution in [2.45, 2.75) is 4.90 Å². The summed E-state index contributed by atoms with van der Waals surface area (Å²) in [7, 11) is 0. The molecule has 0 bridgehead atoms. The molecule has 0 unspecified atom stereocenters. The highest BCUT2D eigenvalue weighted by molar-refractivity contribution is 7.98. The number of halogens is 1. The Hall–Kier alpha value is -2.18. The van der Waals surface area contributed by atoms with Crippen LogP contribution in [0.5, 0.6) is 0 Å². The van der Waals surface area contributed by atoms with Gasteiger partial charge in [0.15, 0.2) is 0 Å². The van der Waals surface area contributed by atoms with Crippen LogP contribution in [0.1, 0.15) is 10.4 Å². The molecular weight excluding hydrogens is 348 g/mol. The van der Waals surface area contributed by atoms with Crippen LogP contribution in [-0.4, -0.2) is 31.4 Å². The van der Waals surface area contributed by atoms with Crippen LogP contribution in [0.25, 0.3) is 0 Å². The third-order valence-electron chi connectivity index (χ3n) is 3.59. The van der Waals surface area contributed by atoms with Gasteiger partial charge in [0, 0.05) is 16.3 Å². The molecule has 3 rings (SSSR count). The van der Waals surface area contributed by atoms with Crippen molar-refractivity contribution in [3.05, 3.63) is 53.1 Å². The summed E-state index contributed by atoms with van der Waals surface area (Å²) in [6.45, 7) is 0.865. The topological polar surface area (TPSA) is 58.6 Å². The standard InChI is InChI=1S/C17H15ClN2O3S/c1-24-13-5-6-15(18)14(10-13)16(21)19-11-3-2-4-12(9-11)20-7-8-23-17(20)22/h2-6,9-10H,7-8H2,1H3,(H,19,21). The summed E-state index contributed by atoms with van der Waals surface area (Å²) in [6.07, 6.45) is 1.55. The van der Waals surface area contributed by atoms with Gasteiger partial charge in [0.2, 0.25) is 0 Å². The molecular formula is C17H15ClN2O3S. The summed E-state index contributed by atoms with van der Waals surface area (Å²) in [5.74, 6) is -0.294. The quantitative estimate of drug-likeness (QED) is 0.825. The summed E-state index contributed by atoms with van der Waals surface area (Å²) < 4.78 is 4.93. The van der Waals surface area contributed by atoms with Crippen molar-refractivity contribution in [1.82, 2.24) is 0 Å². The molecule has 0 aromatic heterocycles. The largest absolute Gasteiger partial charge is 0.447 e. The first-order valence-corrected chi connectivity index (χ1v) is 8.88. The van der Waals surface area contributed by atoms with Gasteiger partial charge >= 0.3 is 6.09 Å². The predicted molar refractivity (Wildman–Crippen MR) is 96.3 cm³/mol. The molecule has 1 aliphatic rings. The van der Waals surface area contributed by atoms with Crippen molar-refractivity contribution < 1.29 is 14.3 Å². The van der Waals surface area contributed by atoms with E-state index in [1.54, 1.807) is 36.4 Å². The third kappa shape index (κ3) is 3.49. The van der Waals surface area contributed by atoms with Crippen LogP contribution in [0.15, 0.2) is 47.4 Å². The molecule has 0 spiro atoms. The Kier molecular flexibility index (Phi) is 4.97. The van der Waals surface area contributed by atoms with E-state index in [0.29, 0.717) is 35.1 Å². The lowest BCUT2D eigenvalue weighted by molar-refractivity contribution is 0.102. The smallest absolute Gasteiger partial charge is 0.414 e. The first kappa shape index (κ1) is 16.7. The zero-order valence-corrected chi connectivity index (χ0v) is 14.5. The summed E-state index contributed by atoms with van der Waals surface area (Å²) in [5, 5.41) is 3.21. The van der Waals surface area contributed by atoms with Crippen LogP contribution in [0, 0.1) is 0 Å². The minimum atomic E-state index is -0.380. The SMILES string of the molecule is CSc1ccc(Cl)c(C(=O)Nc2cccc(N3CCOC3=O)c2)c1. The number of hydrogen-bond donors (Lipinski definition) is 1. The zero-order chi connectivity index (χ0) is 17.1. The van der Waals surface area contributed by atoms with Gasteiger partial charge < -0.3 is 10.1 Å². The number of benzene rings is 2. The number of ether oxygens (including phenoxy) is 1. The molecule has 1 heterocycles. The monoisotopic (exact) mass is 362 g/mol. The van der Waals surface area contributed by atoms with Gasteiger partial charge in [0.25, 0.3) is 5.91 Å². The zero-order valence-electron chi connectivity index (χ0n) is 12.9. The number of anilines is 2. The number of carbonyl (C=O) groups is 2. The number of rotatable bonds is 4. The van der Waals surface area contributed by atoms with Gasteiger partial charge in [-0.05, 0) is 42.7 Å². The minimum Gasteiger partial charge on any atom is -0.447 e. The maximum Gasteiger partial charge on any atom is 0.414 e. The van der Waals surface area contributed by atoms with E-state index in [-0.39, 0.29) is 12.0 Å². The molecule has 1 N–H and O–H groups in total. The van der Waals surface area contributed by atoms with Gasteiger partial charge in [-0.1, -0.05) is 17.7 Å². The second-order valence-corrected chi connectivity index (χ2v) is 6.40. The van der Waals surface area contributed by atoms with E-state index in [0.717, 1.165) is 4.90 Å². The highest BCUT2D eigenvalue weighted by Gasteiger charge is 2.23. The molecule has 2 aromatic carbocycles. The van der Waals surface area contributed by atoms with Crippen molar-refractivity contribution in [3.8, 4) is 0 Å².